The summed E-state index contributed by atoms with van der Waals surface area (Å²) in [6, 6.07) is 10.2. The molecule has 2 nitrogen and oxygen atoms in total. The molecule has 0 aliphatic heterocycles. The van der Waals surface area contributed by atoms with Gasteiger partial charge in [0.1, 0.15) is 5.82 Å². The molecule has 0 spiro atoms. The number of halogens is 2. The summed E-state index contributed by atoms with van der Waals surface area (Å²) in [6.07, 6.45) is 0. The van der Waals surface area contributed by atoms with Crippen molar-refractivity contribution in [3.05, 3.63) is 64.4 Å². The van der Waals surface area contributed by atoms with Crippen LogP contribution < -0.4 is 5.73 Å². The molecule has 4 heteroatoms. The fraction of sp³-hybridized carbons (Fsp3) is 0. The standard InChI is InChI=1S/C13H9ClFNO/c14-9-3-1-8(2-4-9)13(17)11-7-10(16)5-6-12(11)15/h1-7H,16H2. The number of carbonyl (C=O) groups excluding carboxylic acids is 1. The van der Waals surface area contributed by atoms with E-state index in [1.165, 1.54) is 18.2 Å². The highest BCUT2D eigenvalue weighted by Crippen LogP contribution is 2.18. The number of hydrogen-bond acceptors (Lipinski definition) is 2. The number of ketones is 1. The van der Waals surface area contributed by atoms with E-state index in [2.05, 4.69) is 0 Å². The van der Waals surface area contributed by atoms with Crippen LogP contribution in [0.4, 0.5) is 10.1 Å². The lowest BCUT2D eigenvalue weighted by molar-refractivity contribution is 0.103. The van der Waals surface area contributed by atoms with Crippen molar-refractivity contribution in [2.24, 2.45) is 0 Å². The van der Waals surface area contributed by atoms with Crippen LogP contribution in [0.1, 0.15) is 15.9 Å². The molecule has 0 atom stereocenters. The summed E-state index contributed by atoms with van der Waals surface area (Å²) in [4.78, 5) is 12.0. The zero-order chi connectivity index (χ0) is 12.4. The predicted octanol–water partition coefficient (Wildman–Crippen LogP) is 3.29. The highest BCUT2D eigenvalue weighted by molar-refractivity contribution is 6.30. The third-order valence-corrected chi connectivity index (χ3v) is 2.59. The quantitative estimate of drug-likeness (QED) is 0.656. The minimum atomic E-state index is -0.584. The fourth-order valence-electron chi connectivity index (χ4n) is 1.47. The Morgan fingerprint density at radius 1 is 1.12 bits per heavy atom. The summed E-state index contributed by atoms with van der Waals surface area (Å²) in [5, 5.41) is 0.523. The number of carbonyl (C=O) groups is 1. The maximum Gasteiger partial charge on any atom is 0.196 e. The van der Waals surface area contributed by atoms with E-state index < -0.39 is 11.6 Å². The molecule has 0 saturated carbocycles. The Bertz CT molecular complexity index is 566. The van der Waals surface area contributed by atoms with Gasteiger partial charge < -0.3 is 5.73 Å². The van der Waals surface area contributed by atoms with Gasteiger partial charge >= 0.3 is 0 Å². The molecule has 0 aromatic heterocycles. The molecule has 0 saturated heterocycles. The average molecular weight is 250 g/mol. The second-order valence-corrected chi connectivity index (χ2v) is 4.01. The van der Waals surface area contributed by atoms with Gasteiger partial charge in [0.15, 0.2) is 5.78 Å². The Balaban J connectivity index is 2.43. The van der Waals surface area contributed by atoms with Gasteiger partial charge in [-0.25, -0.2) is 4.39 Å². The van der Waals surface area contributed by atoms with Crippen molar-refractivity contribution in [2.75, 3.05) is 5.73 Å². The van der Waals surface area contributed by atoms with Gasteiger partial charge in [-0.1, -0.05) is 11.6 Å². The van der Waals surface area contributed by atoms with Crippen molar-refractivity contribution in [3.63, 3.8) is 0 Å². The maximum atomic E-state index is 13.5. The summed E-state index contributed by atoms with van der Waals surface area (Å²) in [5.41, 5.74) is 6.22. The van der Waals surface area contributed by atoms with Crippen molar-refractivity contribution in [1.82, 2.24) is 0 Å². The van der Waals surface area contributed by atoms with E-state index in [1.54, 1.807) is 24.3 Å². The van der Waals surface area contributed by atoms with Crippen LogP contribution in [0, 0.1) is 5.82 Å². The average Bonchev–Trinajstić information content (AvgIpc) is 2.32. The van der Waals surface area contributed by atoms with E-state index in [0.29, 0.717) is 16.3 Å². The molecule has 0 fully saturated rings. The molecule has 0 aliphatic carbocycles. The van der Waals surface area contributed by atoms with Crippen molar-refractivity contribution in [3.8, 4) is 0 Å². The van der Waals surface area contributed by atoms with E-state index >= 15 is 0 Å². The Hall–Kier alpha value is -1.87. The first-order valence-electron chi connectivity index (χ1n) is 4.93. The fourth-order valence-corrected chi connectivity index (χ4v) is 1.60. The molecule has 0 heterocycles. The monoisotopic (exact) mass is 249 g/mol. The molecule has 0 amide bonds. The summed E-state index contributed by atoms with van der Waals surface area (Å²) >= 11 is 5.71. The van der Waals surface area contributed by atoms with Crippen molar-refractivity contribution in [2.45, 2.75) is 0 Å². The number of rotatable bonds is 2. The van der Waals surface area contributed by atoms with E-state index in [1.807, 2.05) is 0 Å². The largest absolute Gasteiger partial charge is 0.399 e. The first-order chi connectivity index (χ1) is 8.08. The lowest BCUT2D eigenvalue weighted by atomic mass is 10.0. The Labute approximate surface area is 103 Å². The summed E-state index contributed by atoms with van der Waals surface area (Å²) in [6.45, 7) is 0. The van der Waals surface area contributed by atoms with Gasteiger partial charge in [0.05, 0.1) is 5.56 Å². The second-order valence-electron chi connectivity index (χ2n) is 3.58. The topological polar surface area (TPSA) is 43.1 Å². The van der Waals surface area contributed by atoms with Crippen LogP contribution in [0.25, 0.3) is 0 Å². The van der Waals surface area contributed by atoms with Crippen molar-refractivity contribution < 1.29 is 9.18 Å². The SMILES string of the molecule is Nc1ccc(F)c(C(=O)c2ccc(Cl)cc2)c1. The molecule has 2 N–H and O–H groups in total. The Kier molecular flexibility index (Phi) is 3.11. The lowest BCUT2D eigenvalue weighted by Gasteiger charge is -2.04. The molecule has 0 bridgehead atoms. The third-order valence-electron chi connectivity index (χ3n) is 2.34. The van der Waals surface area contributed by atoms with Gasteiger partial charge in [0, 0.05) is 16.3 Å². The summed E-state index contributed by atoms with van der Waals surface area (Å²) < 4.78 is 13.5. The normalized spacial score (nSPS) is 10.2. The van der Waals surface area contributed by atoms with Crippen LogP contribution >= 0.6 is 11.6 Å². The molecule has 0 unspecified atom stereocenters. The van der Waals surface area contributed by atoms with Gasteiger partial charge in [-0.15, -0.1) is 0 Å². The first kappa shape index (κ1) is 11.6. The molecule has 17 heavy (non-hydrogen) atoms. The Morgan fingerprint density at radius 2 is 1.76 bits per heavy atom. The van der Waals surface area contributed by atoms with E-state index in [9.17, 15) is 9.18 Å². The van der Waals surface area contributed by atoms with Gasteiger partial charge in [-0.3, -0.25) is 4.79 Å². The molecule has 2 rings (SSSR count). The maximum absolute atomic E-state index is 13.5. The molecule has 0 aliphatic rings. The lowest BCUT2D eigenvalue weighted by Crippen LogP contribution is -2.05. The van der Waals surface area contributed by atoms with Gasteiger partial charge in [-0.2, -0.15) is 0 Å². The summed E-state index contributed by atoms with van der Waals surface area (Å²) in [5.74, 6) is -0.995. The summed E-state index contributed by atoms with van der Waals surface area (Å²) in [7, 11) is 0. The smallest absolute Gasteiger partial charge is 0.196 e. The molecule has 86 valence electrons. The number of benzene rings is 2. The molecule has 0 radical (unpaired) electrons. The molecule has 2 aromatic carbocycles. The number of hydrogen-bond donors (Lipinski definition) is 1. The second kappa shape index (κ2) is 4.55. The van der Waals surface area contributed by atoms with Crippen LogP contribution in [0.15, 0.2) is 42.5 Å². The van der Waals surface area contributed by atoms with E-state index in [4.69, 9.17) is 17.3 Å². The van der Waals surface area contributed by atoms with Gasteiger partial charge in [0.25, 0.3) is 0 Å². The van der Waals surface area contributed by atoms with Crippen LogP contribution in [0.3, 0.4) is 0 Å². The molecule has 2 aromatic rings. The van der Waals surface area contributed by atoms with Gasteiger partial charge in [0.2, 0.25) is 0 Å². The number of anilines is 1. The van der Waals surface area contributed by atoms with Crippen molar-refractivity contribution >= 4 is 23.1 Å². The van der Waals surface area contributed by atoms with E-state index in [-0.39, 0.29) is 5.56 Å². The predicted molar refractivity (Wildman–Crippen MR) is 65.7 cm³/mol. The van der Waals surface area contributed by atoms with Crippen LogP contribution in [0.5, 0.6) is 0 Å². The van der Waals surface area contributed by atoms with Crippen LogP contribution in [0.2, 0.25) is 5.02 Å². The number of nitrogens with two attached hydrogens (primary N) is 1. The first-order valence-corrected chi connectivity index (χ1v) is 5.31. The highest BCUT2D eigenvalue weighted by atomic mass is 35.5. The Morgan fingerprint density at radius 3 is 2.41 bits per heavy atom. The minimum absolute atomic E-state index is 0.0349. The number of nitrogen functional groups attached to an aromatic ring is 1. The molecular formula is C13H9ClFNO. The molecular weight excluding hydrogens is 241 g/mol. The highest BCUT2D eigenvalue weighted by Gasteiger charge is 2.14. The van der Waals surface area contributed by atoms with E-state index in [0.717, 1.165) is 0 Å². The van der Waals surface area contributed by atoms with Crippen LogP contribution in [-0.4, -0.2) is 5.78 Å². The minimum Gasteiger partial charge on any atom is -0.399 e. The van der Waals surface area contributed by atoms with Gasteiger partial charge in [-0.05, 0) is 42.5 Å². The third kappa shape index (κ3) is 2.45. The van der Waals surface area contributed by atoms with Crippen molar-refractivity contribution in [1.29, 1.82) is 0 Å². The zero-order valence-corrected chi connectivity index (χ0v) is 9.54. The zero-order valence-electron chi connectivity index (χ0n) is 8.78. The van der Waals surface area contributed by atoms with Crippen LogP contribution in [-0.2, 0) is 0 Å².